The topological polar surface area (TPSA) is 96.7 Å². The van der Waals surface area contributed by atoms with Crippen molar-refractivity contribution in [2.75, 3.05) is 5.32 Å². The first kappa shape index (κ1) is 11.0. The van der Waals surface area contributed by atoms with E-state index in [2.05, 4.69) is 20.5 Å². The molecule has 1 aromatic heterocycles. The third-order valence-electron chi connectivity index (χ3n) is 2.02. The van der Waals surface area contributed by atoms with Crippen molar-refractivity contribution in [2.24, 2.45) is 0 Å². The largest absolute Gasteiger partial charge is 0.377 e. The fraction of sp³-hybridized carbons (Fsp3) is 0.111. The number of hydrogen-bond acceptors (Lipinski definition) is 5. The van der Waals surface area contributed by atoms with E-state index in [9.17, 15) is 14.5 Å². The molecule has 0 aliphatic carbocycles. The Balaban J connectivity index is 2.13. The minimum Gasteiger partial charge on any atom is -0.377 e. The van der Waals surface area contributed by atoms with Crippen LogP contribution in [0.3, 0.4) is 0 Å². The summed E-state index contributed by atoms with van der Waals surface area (Å²) in [5.74, 6) is -0.115. The Hall–Kier alpha value is -2.51. The molecule has 0 spiro atoms. The molecule has 8 heteroatoms. The van der Waals surface area contributed by atoms with Gasteiger partial charge in [0.15, 0.2) is 0 Å². The van der Waals surface area contributed by atoms with Crippen molar-refractivity contribution in [3.8, 4) is 0 Å². The summed E-state index contributed by atoms with van der Waals surface area (Å²) in [5.41, 5.74) is 0.0122. The van der Waals surface area contributed by atoms with Gasteiger partial charge in [-0.2, -0.15) is 5.10 Å². The molecule has 2 rings (SSSR count). The molecule has 88 valence electrons. The number of benzene rings is 1. The predicted octanol–water partition coefficient (Wildman–Crippen LogP) is 1.46. The Labute approximate surface area is 94.8 Å². The number of anilines is 1. The van der Waals surface area contributed by atoms with Crippen LogP contribution in [0.25, 0.3) is 0 Å². The van der Waals surface area contributed by atoms with Crippen LogP contribution in [0.2, 0.25) is 0 Å². The van der Waals surface area contributed by atoms with Gasteiger partial charge in [0, 0.05) is 11.8 Å². The van der Waals surface area contributed by atoms with Gasteiger partial charge in [-0.25, -0.2) is 9.37 Å². The van der Waals surface area contributed by atoms with E-state index >= 15 is 0 Å². The van der Waals surface area contributed by atoms with Gasteiger partial charge in [0.1, 0.15) is 18.0 Å². The van der Waals surface area contributed by atoms with Gasteiger partial charge in [-0.3, -0.25) is 15.2 Å². The number of nitrogens with zero attached hydrogens (tertiary/aromatic N) is 3. The maximum absolute atomic E-state index is 13.1. The average Bonchev–Trinajstić information content (AvgIpc) is 2.78. The number of aromatic nitrogens is 3. The van der Waals surface area contributed by atoms with E-state index in [0.717, 1.165) is 6.07 Å². The number of halogens is 1. The van der Waals surface area contributed by atoms with Gasteiger partial charge in [-0.05, 0) is 6.07 Å². The predicted molar refractivity (Wildman–Crippen MR) is 56.8 cm³/mol. The van der Waals surface area contributed by atoms with Gasteiger partial charge in [0.25, 0.3) is 5.69 Å². The Morgan fingerprint density at radius 2 is 2.29 bits per heavy atom. The molecular formula is C9H8FN5O2. The van der Waals surface area contributed by atoms with Crippen LogP contribution in [0, 0.1) is 15.9 Å². The molecular weight excluding hydrogens is 229 g/mol. The third kappa shape index (κ3) is 2.74. The van der Waals surface area contributed by atoms with E-state index < -0.39 is 10.7 Å². The number of aromatic amines is 1. The van der Waals surface area contributed by atoms with Crippen LogP contribution in [-0.4, -0.2) is 20.1 Å². The summed E-state index contributed by atoms with van der Waals surface area (Å²) < 4.78 is 13.1. The van der Waals surface area contributed by atoms with Crippen LogP contribution in [0.5, 0.6) is 0 Å². The maximum Gasteiger partial charge on any atom is 0.274 e. The van der Waals surface area contributed by atoms with Crippen LogP contribution in [0.4, 0.5) is 15.8 Å². The average molecular weight is 237 g/mol. The summed E-state index contributed by atoms with van der Waals surface area (Å²) in [5, 5.41) is 19.6. The molecule has 0 aliphatic rings. The van der Waals surface area contributed by atoms with Crippen molar-refractivity contribution in [1.82, 2.24) is 15.2 Å². The second-order valence-corrected chi connectivity index (χ2v) is 3.24. The lowest BCUT2D eigenvalue weighted by Gasteiger charge is -2.04. The van der Waals surface area contributed by atoms with Gasteiger partial charge < -0.3 is 5.32 Å². The molecule has 0 atom stereocenters. The minimum atomic E-state index is -0.667. The maximum atomic E-state index is 13.1. The Kier molecular flexibility index (Phi) is 2.95. The molecule has 2 N–H and O–H groups in total. The molecule has 0 bridgehead atoms. The smallest absolute Gasteiger partial charge is 0.274 e. The second-order valence-electron chi connectivity index (χ2n) is 3.24. The summed E-state index contributed by atoms with van der Waals surface area (Å²) in [6.45, 7) is 0.278. The minimum absolute atomic E-state index is 0.278. The molecule has 17 heavy (non-hydrogen) atoms. The molecule has 0 unspecified atom stereocenters. The lowest BCUT2D eigenvalue weighted by molar-refractivity contribution is -0.385. The zero-order chi connectivity index (χ0) is 12.3. The standard InChI is InChI=1S/C9H8FN5O2/c10-6-1-7(3-8(2-6)15(16)17)11-4-9-12-5-13-14-9/h1-3,5,11H,4H2,(H,12,13,14). The highest BCUT2D eigenvalue weighted by Gasteiger charge is 2.09. The van der Waals surface area contributed by atoms with Crippen molar-refractivity contribution >= 4 is 11.4 Å². The number of H-pyrrole nitrogens is 1. The summed E-state index contributed by atoms with van der Waals surface area (Å²) in [6, 6.07) is 3.28. The van der Waals surface area contributed by atoms with Crippen LogP contribution >= 0.6 is 0 Å². The molecule has 1 aromatic carbocycles. The fourth-order valence-corrected chi connectivity index (χ4v) is 1.28. The number of hydrogen-bond donors (Lipinski definition) is 2. The number of nitro groups is 1. The monoisotopic (exact) mass is 237 g/mol. The molecule has 1 heterocycles. The lowest BCUT2D eigenvalue weighted by Crippen LogP contribution is -2.02. The summed E-state index contributed by atoms with van der Waals surface area (Å²) >= 11 is 0. The van der Waals surface area contributed by atoms with Crippen molar-refractivity contribution in [2.45, 2.75) is 6.54 Å². The first-order valence-electron chi connectivity index (χ1n) is 4.68. The Bertz CT molecular complexity index is 528. The normalized spacial score (nSPS) is 10.2. The van der Waals surface area contributed by atoms with Crippen LogP contribution in [0.15, 0.2) is 24.5 Å². The van der Waals surface area contributed by atoms with Gasteiger partial charge in [-0.1, -0.05) is 0 Å². The van der Waals surface area contributed by atoms with E-state index in [1.165, 1.54) is 18.5 Å². The zero-order valence-electron chi connectivity index (χ0n) is 8.55. The first-order chi connectivity index (χ1) is 8.15. The zero-order valence-corrected chi connectivity index (χ0v) is 8.55. The van der Waals surface area contributed by atoms with E-state index in [0.29, 0.717) is 11.5 Å². The number of nitrogens with one attached hydrogen (secondary N) is 2. The summed E-state index contributed by atoms with van der Waals surface area (Å²) in [7, 11) is 0. The molecule has 2 aromatic rings. The second kappa shape index (κ2) is 4.56. The van der Waals surface area contributed by atoms with Crippen LogP contribution < -0.4 is 5.32 Å². The van der Waals surface area contributed by atoms with Crippen molar-refractivity contribution < 1.29 is 9.31 Å². The molecule has 0 radical (unpaired) electrons. The number of non-ortho nitro benzene ring substituents is 1. The van der Waals surface area contributed by atoms with E-state index in [1.54, 1.807) is 0 Å². The molecule has 7 nitrogen and oxygen atoms in total. The van der Waals surface area contributed by atoms with E-state index in [-0.39, 0.29) is 12.2 Å². The fourth-order valence-electron chi connectivity index (χ4n) is 1.28. The SMILES string of the molecule is O=[N+]([O-])c1cc(F)cc(NCc2ncn[nH]2)c1. The van der Waals surface area contributed by atoms with E-state index in [1.807, 2.05) is 0 Å². The first-order valence-corrected chi connectivity index (χ1v) is 4.68. The van der Waals surface area contributed by atoms with Gasteiger partial charge in [-0.15, -0.1) is 0 Å². The molecule has 0 aliphatic heterocycles. The molecule has 0 fully saturated rings. The molecule has 0 amide bonds. The highest BCUT2D eigenvalue weighted by Crippen LogP contribution is 2.20. The van der Waals surface area contributed by atoms with Crippen molar-refractivity contribution in [3.63, 3.8) is 0 Å². The third-order valence-corrected chi connectivity index (χ3v) is 2.02. The lowest BCUT2D eigenvalue weighted by atomic mass is 10.2. The van der Waals surface area contributed by atoms with Crippen molar-refractivity contribution in [3.05, 3.63) is 46.3 Å². The van der Waals surface area contributed by atoms with Crippen molar-refractivity contribution in [1.29, 1.82) is 0 Å². The van der Waals surface area contributed by atoms with Gasteiger partial charge >= 0.3 is 0 Å². The number of nitro benzene ring substituents is 1. The van der Waals surface area contributed by atoms with Crippen LogP contribution in [-0.2, 0) is 6.54 Å². The number of rotatable bonds is 4. The highest BCUT2D eigenvalue weighted by molar-refractivity contribution is 5.51. The molecule has 0 saturated heterocycles. The highest BCUT2D eigenvalue weighted by atomic mass is 19.1. The van der Waals surface area contributed by atoms with Gasteiger partial charge in [0.05, 0.1) is 17.5 Å². The summed E-state index contributed by atoms with van der Waals surface area (Å²) in [4.78, 5) is 13.7. The van der Waals surface area contributed by atoms with E-state index in [4.69, 9.17) is 0 Å². The molecule has 0 saturated carbocycles. The Morgan fingerprint density at radius 3 is 2.94 bits per heavy atom. The quantitative estimate of drug-likeness (QED) is 0.619. The van der Waals surface area contributed by atoms with Crippen LogP contribution in [0.1, 0.15) is 5.82 Å². The Morgan fingerprint density at radius 1 is 1.47 bits per heavy atom. The van der Waals surface area contributed by atoms with Gasteiger partial charge in [0.2, 0.25) is 0 Å². The summed E-state index contributed by atoms with van der Waals surface area (Å²) in [6.07, 6.45) is 1.34.